The number of allylic oxidation sites excluding steroid dienone is 1. The number of aliphatic hydroxyl groups is 2. The van der Waals surface area contributed by atoms with Crippen molar-refractivity contribution in [3.8, 4) is 0 Å². The Hall–Kier alpha value is -0.340. The van der Waals surface area contributed by atoms with Crippen LogP contribution in [0.3, 0.4) is 0 Å². The van der Waals surface area contributed by atoms with Crippen LogP contribution in [0.25, 0.3) is 0 Å². The predicted molar refractivity (Wildman–Crippen MR) is 132 cm³/mol. The van der Waals surface area contributed by atoms with Gasteiger partial charge in [-0.15, -0.1) is 0 Å². The van der Waals surface area contributed by atoms with Crippen LogP contribution in [0, 0.1) is 56.7 Å². The summed E-state index contributed by atoms with van der Waals surface area (Å²) in [6.07, 6.45) is 10.3. The molecule has 0 radical (unpaired) electrons. The Bertz CT molecular complexity index is 801. The first-order valence-corrected chi connectivity index (χ1v) is 13.7. The maximum absolute atomic E-state index is 12.0. The maximum Gasteiger partial charge on any atom is 0.0594 e. The molecule has 0 saturated heterocycles. The van der Waals surface area contributed by atoms with Crippen LogP contribution in [-0.2, 0) is 0 Å². The lowest BCUT2D eigenvalue weighted by molar-refractivity contribution is -0.270. The fourth-order valence-electron chi connectivity index (χ4n) is 11.4. The molecular weight excluding hydrogens is 392 g/mol. The molecule has 182 valence electrons. The second-order valence-electron chi connectivity index (χ2n) is 14.9. The standard InChI is InChI=1S/C30H50O2/c1-18(2)19-9-12-27(5)15-16-30(8)25(24(19)27)20(31)17-22-28(6)13-11-23(32)26(3,4)21(28)10-14-29(22,30)7/h19-25,31-32H,1,9-17H2,2-8H3/t19-,20+,21-,22+,23-,24+,25+,27+,28-,29+,30+/m0/s1. The Morgan fingerprint density at radius 1 is 0.750 bits per heavy atom. The summed E-state index contributed by atoms with van der Waals surface area (Å²) >= 11 is 0. The van der Waals surface area contributed by atoms with Gasteiger partial charge in [-0.05, 0) is 121 Å². The molecule has 5 saturated carbocycles. The van der Waals surface area contributed by atoms with Crippen LogP contribution in [0.2, 0.25) is 0 Å². The van der Waals surface area contributed by atoms with Crippen molar-refractivity contribution in [1.29, 1.82) is 0 Å². The summed E-state index contributed by atoms with van der Waals surface area (Å²) < 4.78 is 0. The normalized spacial score (nSPS) is 58.8. The molecular formula is C30H50O2. The number of hydrogen-bond donors (Lipinski definition) is 2. The quantitative estimate of drug-likeness (QED) is 0.429. The smallest absolute Gasteiger partial charge is 0.0594 e. The van der Waals surface area contributed by atoms with Crippen LogP contribution >= 0.6 is 0 Å². The molecule has 5 aliphatic rings. The van der Waals surface area contributed by atoms with E-state index in [1.165, 1.54) is 44.1 Å². The summed E-state index contributed by atoms with van der Waals surface area (Å²) in [6, 6.07) is 0. The Morgan fingerprint density at radius 2 is 1.44 bits per heavy atom. The van der Waals surface area contributed by atoms with E-state index in [4.69, 9.17) is 0 Å². The molecule has 5 fully saturated rings. The third-order valence-electron chi connectivity index (χ3n) is 13.5. The molecule has 32 heavy (non-hydrogen) atoms. The molecule has 0 bridgehead atoms. The molecule has 0 unspecified atom stereocenters. The lowest BCUT2D eigenvalue weighted by atomic mass is 9.32. The van der Waals surface area contributed by atoms with Gasteiger partial charge in [0.15, 0.2) is 0 Å². The molecule has 0 amide bonds. The summed E-state index contributed by atoms with van der Waals surface area (Å²) in [6.45, 7) is 21.6. The molecule has 0 aromatic rings. The minimum atomic E-state index is -0.201. The molecule has 0 heterocycles. The van der Waals surface area contributed by atoms with E-state index >= 15 is 0 Å². The topological polar surface area (TPSA) is 40.5 Å². The number of aliphatic hydroxyl groups excluding tert-OH is 2. The highest BCUT2D eigenvalue weighted by molar-refractivity contribution is 5.22. The predicted octanol–water partition coefficient (Wildman–Crippen LogP) is 7.00. The number of hydrogen-bond acceptors (Lipinski definition) is 2. The van der Waals surface area contributed by atoms with Crippen molar-refractivity contribution in [3.63, 3.8) is 0 Å². The van der Waals surface area contributed by atoms with Gasteiger partial charge in [-0.3, -0.25) is 0 Å². The van der Waals surface area contributed by atoms with E-state index < -0.39 is 0 Å². The Labute approximate surface area is 197 Å². The van der Waals surface area contributed by atoms with Gasteiger partial charge in [-0.2, -0.15) is 0 Å². The van der Waals surface area contributed by atoms with E-state index in [9.17, 15) is 10.2 Å². The second-order valence-corrected chi connectivity index (χ2v) is 14.9. The van der Waals surface area contributed by atoms with E-state index in [1.54, 1.807) is 0 Å². The molecule has 11 atom stereocenters. The van der Waals surface area contributed by atoms with Gasteiger partial charge in [0, 0.05) is 0 Å². The van der Waals surface area contributed by atoms with Crippen LogP contribution in [0.4, 0.5) is 0 Å². The first-order chi connectivity index (χ1) is 14.7. The van der Waals surface area contributed by atoms with E-state index in [2.05, 4.69) is 55.0 Å². The van der Waals surface area contributed by atoms with Gasteiger partial charge in [0.05, 0.1) is 12.2 Å². The summed E-state index contributed by atoms with van der Waals surface area (Å²) in [7, 11) is 0. The molecule has 2 N–H and O–H groups in total. The molecule has 5 aliphatic carbocycles. The fourth-order valence-corrected chi connectivity index (χ4v) is 11.4. The first kappa shape index (κ1) is 23.4. The molecule has 0 spiro atoms. The Balaban J connectivity index is 1.58. The van der Waals surface area contributed by atoms with Crippen LogP contribution in [0.1, 0.15) is 106 Å². The first-order valence-electron chi connectivity index (χ1n) is 13.7. The molecule has 5 rings (SSSR count). The third-order valence-corrected chi connectivity index (χ3v) is 13.5. The maximum atomic E-state index is 12.0. The average Bonchev–Trinajstić information content (AvgIpc) is 3.05. The zero-order chi connectivity index (χ0) is 23.5. The molecule has 2 heteroatoms. The van der Waals surface area contributed by atoms with Gasteiger partial charge in [-0.1, -0.05) is 53.7 Å². The molecule has 0 aromatic carbocycles. The Kier molecular flexibility index (Phi) is 5.02. The lowest BCUT2D eigenvalue weighted by Gasteiger charge is -2.73. The minimum absolute atomic E-state index is 0.0291. The largest absolute Gasteiger partial charge is 0.393 e. The van der Waals surface area contributed by atoms with E-state index in [0.29, 0.717) is 35.0 Å². The highest BCUT2D eigenvalue weighted by Gasteiger charge is 2.72. The van der Waals surface area contributed by atoms with Crippen LogP contribution in [0.15, 0.2) is 12.2 Å². The van der Waals surface area contributed by atoms with Gasteiger partial charge in [0.2, 0.25) is 0 Å². The van der Waals surface area contributed by atoms with Crippen molar-refractivity contribution in [2.45, 2.75) is 118 Å². The molecule has 2 nitrogen and oxygen atoms in total. The number of rotatable bonds is 1. The fraction of sp³-hybridized carbons (Fsp3) is 0.933. The lowest BCUT2D eigenvalue weighted by Crippen LogP contribution is -2.69. The van der Waals surface area contributed by atoms with Gasteiger partial charge in [0.25, 0.3) is 0 Å². The van der Waals surface area contributed by atoms with Crippen molar-refractivity contribution in [3.05, 3.63) is 12.2 Å². The van der Waals surface area contributed by atoms with Gasteiger partial charge in [-0.25, -0.2) is 0 Å². The van der Waals surface area contributed by atoms with Crippen molar-refractivity contribution in [1.82, 2.24) is 0 Å². The summed E-state index contributed by atoms with van der Waals surface area (Å²) in [5.74, 6) is 2.66. The third kappa shape index (κ3) is 2.66. The highest BCUT2D eigenvalue weighted by Crippen LogP contribution is 2.77. The van der Waals surface area contributed by atoms with Gasteiger partial charge < -0.3 is 10.2 Å². The molecule has 0 aliphatic heterocycles. The summed E-state index contributed by atoms with van der Waals surface area (Å²) in [5, 5.41) is 22.9. The SMILES string of the molecule is C=C(C)[C@@H]1CC[C@]2(C)CC[C@]3(C)[C@@H]([C@@H]12)[C@H](O)C[C@@H]1[C@@]2(C)CC[C@H](O)C(C)(C)[C@@H]2CC[C@]13C. The highest BCUT2D eigenvalue weighted by atomic mass is 16.3. The summed E-state index contributed by atoms with van der Waals surface area (Å²) in [5.41, 5.74) is 2.36. The van der Waals surface area contributed by atoms with Crippen LogP contribution in [0.5, 0.6) is 0 Å². The molecule has 0 aromatic heterocycles. The van der Waals surface area contributed by atoms with E-state index in [1.807, 2.05) is 0 Å². The van der Waals surface area contributed by atoms with E-state index in [-0.39, 0.29) is 33.9 Å². The average molecular weight is 443 g/mol. The number of fused-ring (bicyclic) bond motifs is 7. The van der Waals surface area contributed by atoms with Gasteiger partial charge in [0.1, 0.15) is 0 Å². The van der Waals surface area contributed by atoms with Crippen molar-refractivity contribution >= 4 is 0 Å². The van der Waals surface area contributed by atoms with Gasteiger partial charge >= 0.3 is 0 Å². The zero-order valence-corrected chi connectivity index (χ0v) is 22.0. The van der Waals surface area contributed by atoms with Crippen LogP contribution in [-0.4, -0.2) is 22.4 Å². The minimum Gasteiger partial charge on any atom is -0.393 e. The zero-order valence-electron chi connectivity index (χ0n) is 22.0. The summed E-state index contributed by atoms with van der Waals surface area (Å²) in [4.78, 5) is 0. The Morgan fingerprint density at radius 3 is 2.09 bits per heavy atom. The van der Waals surface area contributed by atoms with E-state index in [0.717, 1.165) is 19.3 Å². The van der Waals surface area contributed by atoms with Crippen LogP contribution < -0.4 is 0 Å². The monoisotopic (exact) mass is 442 g/mol. The van der Waals surface area contributed by atoms with Crippen molar-refractivity contribution in [2.24, 2.45) is 56.7 Å². The van der Waals surface area contributed by atoms with Crippen molar-refractivity contribution in [2.75, 3.05) is 0 Å². The second kappa shape index (κ2) is 6.87. The van der Waals surface area contributed by atoms with Crippen molar-refractivity contribution < 1.29 is 10.2 Å².